The normalized spacial score (nSPS) is 10.5. The Morgan fingerprint density at radius 1 is 1.42 bits per heavy atom. The van der Waals surface area contributed by atoms with Gasteiger partial charge in [-0.2, -0.15) is 5.10 Å². The molecule has 0 fully saturated rings. The van der Waals surface area contributed by atoms with Gasteiger partial charge in [0.15, 0.2) is 5.82 Å². The number of carbonyl (C=O) groups excluding carboxylic acids is 1. The third-order valence-corrected chi connectivity index (χ3v) is 2.53. The Labute approximate surface area is 111 Å². The van der Waals surface area contributed by atoms with Gasteiger partial charge in [0.1, 0.15) is 6.61 Å². The summed E-state index contributed by atoms with van der Waals surface area (Å²) < 4.78 is 6.50. The summed E-state index contributed by atoms with van der Waals surface area (Å²) in [5.41, 5.74) is 2.59. The summed E-state index contributed by atoms with van der Waals surface area (Å²) in [4.78, 5) is 15.6. The van der Waals surface area contributed by atoms with Crippen LogP contribution < -0.4 is 5.32 Å². The SMILES string of the molecule is COCC(=O)Nc1ccc(-n2nc(C)cc2C)nc1. The number of pyridine rings is 1. The molecule has 6 nitrogen and oxygen atoms in total. The molecule has 2 rings (SSSR count). The Morgan fingerprint density at radius 2 is 2.21 bits per heavy atom. The fraction of sp³-hybridized carbons (Fsp3) is 0.308. The number of hydrogen-bond donors (Lipinski definition) is 1. The van der Waals surface area contributed by atoms with Crippen molar-refractivity contribution in [1.29, 1.82) is 0 Å². The van der Waals surface area contributed by atoms with Crippen molar-refractivity contribution in [1.82, 2.24) is 14.8 Å². The van der Waals surface area contributed by atoms with Crippen LogP contribution in [0.1, 0.15) is 11.4 Å². The summed E-state index contributed by atoms with van der Waals surface area (Å²) in [5.74, 6) is 0.513. The molecule has 0 radical (unpaired) electrons. The monoisotopic (exact) mass is 260 g/mol. The molecule has 19 heavy (non-hydrogen) atoms. The number of aryl methyl sites for hydroxylation is 2. The molecule has 1 amide bonds. The highest BCUT2D eigenvalue weighted by atomic mass is 16.5. The first-order valence-electron chi connectivity index (χ1n) is 5.88. The van der Waals surface area contributed by atoms with Crippen LogP contribution in [-0.2, 0) is 9.53 Å². The molecule has 0 bridgehead atoms. The third kappa shape index (κ3) is 3.17. The highest BCUT2D eigenvalue weighted by Crippen LogP contribution is 2.12. The van der Waals surface area contributed by atoms with Crippen LogP contribution in [0, 0.1) is 13.8 Å². The molecule has 100 valence electrons. The van der Waals surface area contributed by atoms with Crippen molar-refractivity contribution < 1.29 is 9.53 Å². The Balaban J connectivity index is 2.14. The Kier molecular flexibility index (Phi) is 3.91. The third-order valence-electron chi connectivity index (χ3n) is 2.53. The van der Waals surface area contributed by atoms with Crippen molar-refractivity contribution >= 4 is 11.6 Å². The fourth-order valence-corrected chi connectivity index (χ4v) is 1.77. The maximum atomic E-state index is 11.3. The van der Waals surface area contributed by atoms with Gasteiger partial charge in [-0.1, -0.05) is 0 Å². The van der Waals surface area contributed by atoms with Crippen LogP contribution in [0.3, 0.4) is 0 Å². The zero-order chi connectivity index (χ0) is 13.8. The van der Waals surface area contributed by atoms with Gasteiger partial charge in [0, 0.05) is 12.8 Å². The molecule has 2 heterocycles. The van der Waals surface area contributed by atoms with Gasteiger partial charge >= 0.3 is 0 Å². The van der Waals surface area contributed by atoms with E-state index in [9.17, 15) is 4.79 Å². The number of hydrogen-bond acceptors (Lipinski definition) is 4. The second-order valence-electron chi connectivity index (χ2n) is 4.23. The quantitative estimate of drug-likeness (QED) is 0.903. The highest BCUT2D eigenvalue weighted by molar-refractivity contribution is 5.91. The Bertz CT molecular complexity index is 575. The molecule has 0 saturated heterocycles. The number of ether oxygens (including phenoxy) is 1. The van der Waals surface area contributed by atoms with Gasteiger partial charge in [-0.3, -0.25) is 4.79 Å². The number of anilines is 1. The van der Waals surface area contributed by atoms with Crippen molar-refractivity contribution in [3.63, 3.8) is 0 Å². The van der Waals surface area contributed by atoms with Crippen LogP contribution in [0.4, 0.5) is 5.69 Å². The van der Waals surface area contributed by atoms with Gasteiger partial charge in [0.25, 0.3) is 0 Å². The van der Waals surface area contributed by atoms with Crippen LogP contribution in [0.25, 0.3) is 5.82 Å². The maximum Gasteiger partial charge on any atom is 0.250 e. The molecule has 2 aromatic rings. The van der Waals surface area contributed by atoms with Crippen LogP contribution in [-0.4, -0.2) is 34.4 Å². The van der Waals surface area contributed by atoms with Gasteiger partial charge in [-0.25, -0.2) is 9.67 Å². The molecule has 0 aliphatic rings. The molecule has 0 aliphatic carbocycles. The predicted octanol–water partition coefficient (Wildman–Crippen LogP) is 1.47. The Morgan fingerprint density at radius 3 is 2.74 bits per heavy atom. The van der Waals surface area contributed by atoms with Crippen molar-refractivity contribution in [2.24, 2.45) is 0 Å². The number of nitrogens with zero attached hydrogens (tertiary/aromatic N) is 3. The molecule has 1 N–H and O–H groups in total. The van der Waals surface area contributed by atoms with Gasteiger partial charge in [0.2, 0.25) is 5.91 Å². The number of rotatable bonds is 4. The Hall–Kier alpha value is -2.21. The second-order valence-corrected chi connectivity index (χ2v) is 4.23. The van der Waals surface area contributed by atoms with Gasteiger partial charge in [0.05, 0.1) is 17.6 Å². The molecule has 6 heteroatoms. The van der Waals surface area contributed by atoms with Crippen molar-refractivity contribution in [2.75, 3.05) is 19.0 Å². The topological polar surface area (TPSA) is 69.0 Å². The highest BCUT2D eigenvalue weighted by Gasteiger charge is 2.06. The molecule has 0 aliphatic heterocycles. The van der Waals surface area contributed by atoms with Crippen molar-refractivity contribution in [3.8, 4) is 5.82 Å². The summed E-state index contributed by atoms with van der Waals surface area (Å²) in [6.45, 7) is 3.93. The van der Waals surface area contributed by atoms with E-state index in [2.05, 4.69) is 15.4 Å². The molecule has 2 aromatic heterocycles. The minimum absolute atomic E-state index is 0.0270. The van der Waals surface area contributed by atoms with Crippen LogP contribution in [0.15, 0.2) is 24.4 Å². The van der Waals surface area contributed by atoms with E-state index in [0.29, 0.717) is 5.69 Å². The first-order chi connectivity index (χ1) is 9.10. The molecule has 0 aromatic carbocycles. The lowest BCUT2D eigenvalue weighted by atomic mass is 10.3. The second kappa shape index (κ2) is 5.62. The number of aromatic nitrogens is 3. The van der Waals surface area contributed by atoms with E-state index in [1.165, 1.54) is 7.11 Å². The largest absolute Gasteiger partial charge is 0.375 e. The summed E-state index contributed by atoms with van der Waals surface area (Å²) in [5, 5.41) is 7.03. The van der Waals surface area contributed by atoms with E-state index < -0.39 is 0 Å². The van der Waals surface area contributed by atoms with Gasteiger partial charge in [-0.05, 0) is 32.0 Å². The molecule has 0 saturated carbocycles. The standard InChI is InChI=1S/C13H16N4O2/c1-9-6-10(2)17(16-9)12-5-4-11(7-14-12)15-13(18)8-19-3/h4-7H,8H2,1-3H3,(H,15,18). The summed E-state index contributed by atoms with van der Waals surface area (Å²) in [6.07, 6.45) is 1.60. The number of amides is 1. The van der Waals surface area contributed by atoms with Gasteiger partial charge in [-0.15, -0.1) is 0 Å². The first kappa shape index (κ1) is 13.2. The average Bonchev–Trinajstić information content (AvgIpc) is 2.70. The molecule has 0 unspecified atom stereocenters. The van der Waals surface area contributed by atoms with Crippen LogP contribution in [0.5, 0.6) is 0 Å². The van der Waals surface area contributed by atoms with Crippen LogP contribution in [0.2, 0.25) is 0 Å². The van der Waals surface area contributed by atoms with E-state index >= 15 is 0 Å². The van der Waals surface area contributed by atoms with Crippen LogP contribution >= 0.6 is 0 Å². The van der Waals surface area contributed by atoms with E-state index in [0.717, 1.165) is 17.2 Å². The van der Waals surface area contributed by atoms with Gasteiger partial charge < -0.3 is 10.1 Å². The van der Waals surface area contributed by atoms with E-state index in [-0.39, 0.29) is 12.5 Å². The summed E-state index contributed by atoms with van der Waals surface area (Å²) in [6, 6.07) is 5.57. The summed E-state index contributed by atoms with van der Waals surface area (Å²) >= 11 is 0. The summed E-state index contributed by atoms with van der Waals surface area (Å²) in [7, 11) is 1.48. The van der Waals surface area contributed by atoms with E-state index in [4.69, 9.17) is 4.74 Å². The lowest BCUT2D eigenvalue weighted by molar-refractivity contribution is -0.119. The average molecular weight is 260 g/mol. The smallest absolute Gasteiger partial charge is 0.250 e. The zero-order valence-corrected chi connectivity index (χ0v) is 11.2. The van der Waals surface area contributed by atoms with E-state index in [1.807, 2.05) is 26.0 Å². The van der Waals surface area contributed by atoms with Crippen molar-refractivity contribution in [2.45, 2.75) is 13.8 Å². The lowest BCUT2D eigenvalue weighted by Gasteiger charge is -2.06. The van der Waals surface area contributed by atoms with Crippen molar-refractivity contribution in [3.05, 3.63) is 35.8 Å². The minimum atomic E-state index is -0.205. The first-order valence-corrected chi connectivity index (χ1v) is 5.88. The maximum absolute atomic E-state index is 11.3. The number of carbonyl (C=O) groups is 1. The number of nitrogens with one attached hydrogen (secondary N) is 1. The zero-order valence-electron chi connectivity index (χ0n) is 11.2. The van der Waals surface area contributed by atoms with E-state index in [1.54, 1.807) is 16.9 Å². The molecule has 0 atom stereocenters. The lowest BCUT2D eigenvalue weighted by Crippen LogP contribution is -2.17. The predicted molar refractivity (Wildman–Crippen MR) is 71.3 cm³/mol. The minimum Gasteiger partial charge on any atom is -0.375 e. The molecule has 0 spiro atoms. The fourth-order valence-electron chi connectivity index (χ4n) is 1.77. The molecular weight excluding hydrogens is 244 g/mol. The number of methoxy groups -OCH3 is 1. The molecular formula is C13H16N4O2.